The molecule has 2 amide bonds. The third-order valence-corrected chi connectivity index (χ3v) is 2.75. The molecule has 0 aromatic heterocycles. The minimum atomic E-state index is -0.115. The van der Waals surface area contributed by atoms with Crippen molar-refractivity contribution in [3.05, 3.63) is 29.8 Å². The van der Waals surface area contributed by atoms with Crippen molar-refractivity contribution in [3.63, 3.8) is 0 Å². The molecule has 1 aromatic rings. The first kappa shape index (κ1) is 14.5. The van der Waals surface area contributed by atoms with Crippen molar-refractivity contribution in [1.29, 1.82) is 0 Å². The van der Waals surface area contributed by atoms with Crippen molar-refractivity contribution >= 4 is 17.5 Å². The number of carbonyl (C=O) groups excluding carboxylic acids is 2. The van der Waals surface area contributed by atoms with E-state index in [0.29, 0.717) is 24.4 Å². The maximum absolute atomic E-state index is 11.5. The minimum Gasteiger partial charge on any atom is -0.306 e. The van der Waals surface area contributed by atoms with E-state index in [-0.39, 0.29) is 44.5 Å². The number of rotatable bonds is 2. The van der Waals surface area contributed by atoms with Crippen LogP contribution in [0.5, 0.6) is 0 Å². The van der Waals surface area contributed by atoms with Crippen LogP contribution in [0.15, 0.2) is 18.2 Å². The number of amides is 2. The van der Waals surface area contributed by atoms with Crippen molar-refractivity contribution in [2.75, 3.05) is 4.90 Å². The fourth-order valence-electron chi connectivity index (χ4n) is 1.79. The van der Waals surface area contributed by atoms with Crippen LogP contribution >= 0.6 is 0 Å². The fraction of sp³-hybridized carbons (Fsp3) is 0.385. The van der Waals surface area contributed by atoms with Gasteiger partial charge in [0.1, 0.15) is 0 Å². The molecule has 0 bridgehead atoms. The first-order valence-corrected chi connectivity index (χ1v) is 5.47. The van der Waals surface area contributed by atoms with Crippen LogP contribution in [0.3, 0.4) is 0 Å². The topological polar surface area (TPSA) is 37.4 Å². The van der Waals surface area contributed by atoms with Gasteiger partial charge in [0.25, 0.3) is 0 Å². The van der Waals surface area contributed by atoms with E-state index in [4.69, 9.17) is 0 Å². The summed E-state index contributed by atoms with van der Waals surface area (Å²) in [6.45, 7) is 4.16. The number of hydrogen-bond acceptors (Lipinski definition) is 2. The predicted octanol–water partition coefficient (Wildman–Crippen LogP) is 2.26. The van der Waals surface area contributed by atoms with E-state index in [1.54, 1.807) is 6.07 Å². The minimum absolute atomic E-state index is 0. The van der Waals surface area contributed by atoms with E-state index < -0.39 is 0 Å². The molecule has 1 heterocycles. The van der Waals surface area contributed by atoms with Crippen molar-refractivity contribution in [2.24, 2.45) is 0 Å². The second-order valence-electron chi connectivity index (χ2n) is 4.28. The Bertz CT molecular complexity index is 410. The molecule has 0 spiro atoms. The summed E-state index contributed by atoms with van der Waals surface area (Å²) >= 11 is 0. The molecule has 0 saturated carbocycles. The molecule has 4 heteroatoms. The summed E-state index contributed by atoms with van der Waals surface area (Å²) in [4.78, 5) is 24.2. The van der Waals surface area contributed by atoms with Gasteiger partial charge in [0.2, 0.25) is 11.8 Å². The molecule has 0 unspecified atom stereocenters. The zero-order chi connectivity index (χ0) is 11.7. The summed E-state index contributed by atoms with van der Waals surface area (Å²) in [5.74, 6) is 0.172. The predicted molar refractivity (Wildman–Crippen MR) is 61.1 cm³/mol. The Morgan fingerprint density at radius 1 is 1.18 bits per heavy atom. The van der Waals surface area contributed by atoms with Crippen LogP contribution in [-0.2, 0) is 42.3 Å². The first-order chi connectivity index (χ1) is 7.59. The summed E-state index contributed by atoms with van der Waals surface area (Å²) in [7, 11) is 0. The number of nitrogens with zero attached hydrogens (tertiary/aromatic N) is 1. The normalized spacial score (nSPS) is 15.4. The average Bonchev–Trinajstić information content (AvgIpc) is 2.59. The van der Waals surface area contributed by atoms with Crippen molar-refractivity contribution in [1.82, 2.24) is 0 Å². The second-order valence-corrected chi connectivity index (χ2v) is 4.28. The smallest absolute Gasteiger partial charge is 0.223 e. The van der Waals surface area contributed by atoms with Crippen LogP contribution in [0.2, 0.25) is 0 Å². The van der Waals surface area contributed by atoms with Crippen LogP contribution in [0.4, 0.5) is 5.69 Å². The summed E-state index contributed by atoms with van der Waals surface area (Å²) in [5, 5.41) is 0. The summed E-state index contributed by atoms with van der Waals surface area (Å²) in [5.41, 5.74) is 1.72. The van der Waals surface area contributed by atoms with Crippen LogP contribution in [-0.4, -0.2) is 11.8 Å². The fourth-order valence-corrected chi connectivity index (χ4v) is 1.79. The van der Waals surface area contributed by atoms with E-state index in [9.17, 15) is 9.59 Å². The van der Waals surface area contributed by atoms with Gasteiger partial charge in [-0.05, 0) is 5.92 Å². The van der Waals surface area contributed by atoms with Crippen molar-refractivity contribution in [2.45, 2.75) is 32.6 Å². The van der Waals surface area contributed by atoms with Crippen molar-refractivity contribution in [3.8, 4) is 0 Å². The molecule has 2 rings (SSSR count). The van der Waals surface area contributed by atoms with E-state index >= 15 is 0 Å². The van der Waals surface area contributed by atoms with Gasteiger partial charge < -0.3 is 4.90 Å². The van der Waals surface area contributed by atoms with Crippen LogP contribution < -0.4 is 4.90 Å². The number of imide groups is 1. The van der Waals surface area contributed by atoms with Gasteiger partial charge in [0.15, 0.2) is 0 Å². The molecule has 87 valence electrons. The molecule has 0 aliphatic carbocycles. The molecule has 0 N–H and O–H groups in total. The quantitative estimate of drug-likeness (QED) is 0.621. The molecule has 1 aliphatic rings. The Morgan fingerprint density at radius 2 is 1.76 bits per heavy atom. The Hall–Kier alpha value is -0.536. The Kier molecular flexibility index (Phi) is 5.02. The average molecular weight is 305 g/mol. The van der Waals surface area contributed by atoms with E-state index in [1.807, 2.05) is 12.1 Å². The summed E-state index contributed by atoms with van der Waals surface area (Å²) < 4.78 is 0. The molecule has 1 aliphatic heterocycles. The standard InChI is InChI=1S/C13H14NO2.Y/c1-9(2)10-3-5-11(6-4-10)14-12(15)7-8-13(14)16;/h3,5-6,9H,7-8H2,1-2H3;/q-1;. The van der Waals surface area contributed by atoms with Gasteiger partial charge in [-0.2, -0.15) is 23.8 Å². The van der Waals surface area contributed by atoms with Crippen molar-refractivity contribution < 1.29 is 42.3 Å². The van der Waals surface area contributed by atoms with E-state index in [2.05, 4.69) is 19.9 Å². The maximum Gasteiger partial charge on any atom is 0.223 e. The third-order valence-electron chi connectivity index (χ3n) is 2.75. The monoisotopic (exact) mass is 305 g/mol. The molecule has 1 fully saturated rings. The van der Waals surface area contributed by atoms with Gasteiger partial charge in [-0.25, -0.2) is 0 Å². The number of benzene rings is 1. The van der Waals surface area contributed by atoms with Crippen LogP contribution in [0, 0.1) is 6.07 Å². The third kappa shape index (κ3) is 3.02. The van der Waals surface area contributed by atoms with Gasteiger partial charge in [0.05, 0.1) is 0 Å². The van der Waals surface area contributed by atoms with E-state index in [0.717, 1.165) is 5.56 Å². The van der Waals surface area contributed by atoms with Gasteiger partial charge in [-0.15, -0.1) is 6.07 Å². The molecule has 0 atom stereocenters. The molecule has 3 nitrogen and oxygen atoms in total. The Morgan fingerprint density at radius 3 is 2.18 bits per heavy atom. The Balaban J connectivity index is 0.00000144. The molecule has 17 heavy (non-hydrogen) atoms. The largest absolute Gasteiger partial charge is 0.306 e. The maximum atomic E-state index is 11.5. The molecular formula is C13H14NO2Y-. The molecule has 1 radical (unpaired) electrons. The molecule has 1 saturated heterocycles. The first-order valence-electron chi connectivity index (χ1n) is 5.47. The number of hydrogen-bond donors (Lipinski definition) is 0. The second kappa shape index (κ2) is 5.88. The summed E-state index contributed by atoms with van der Waals surface area (Å²) in [6.07, 6.45) is 0.648. The van der Waals surface area contributed by atoms with Crippen LogP contribution in [0.1, 0.15) is 38.2 Å². The molecule has 1 aromatic carbocycles. The summed E-state index contributed by atoms with van der Waals surface area (Å²) in [6, 6.07) is 8.56. The van der Waals surface area contributed by atoms with E-state index in [1.165, 1.54) is 4.90 Å². The van der Waals surface area contributed by atoms with Gasteiger partial charge in [-0.3, -0.25) is 9.59 Å². The molecular weight excluding hydrogens is 291 g/mol. The van der Waals surface area contributed by atoms with Gasteiger partial charge in [-0.1, -0.05) is 19.5 Å². The zero-order valence-corrected chi connectivity index (χ0v) is 12.9. The SMILES string of the molecule is CC(C)c1[c-]cc(N2C(=O)CCC2=O)cc1.[Y]. The Labute approximate surface area is 126 Å². The van der Waals surface area contributed by atoms with Gasteiger partial charge >= 0.3 is 0 Å². The van der Waals surface area contributed by atoms with Crippen LogP contribution in [0.25, 0.3) is 0 Å². The number of anilines is 1. The zero-order valence-electron chi connectivity index (χ0n) is 10.1. The van der Waals surface area contributed by atoms with Gasteiger partial charge in [0, 0.05) is 45.6 Å². The number of carbonyl (C=O) groups is 2.